The van der Waals surface area contributed by atoms with E-state index >= 15 is 0 Å². The summed E-state index contributed by atoms with van der Waals surface area (Å²) in [6.45, 7) is 2.38. The third kappa shape index (κ3) is 5.41. The molecule has 0 bridgehead atoms. The van der Waals surface area contributed by atoms with Crippen LogP contribution in [0.5, 0.6) is 11.5 Å². The van der Waals surface area contributed by atoms with E-state index in [-0.39, 0.29) is 5.91 Å². The van der Waals surface area contributed by atoms with Gasteiger partial charge in [-0.25, -0.2) is 5.43 Å². The molecule has 1 N–H and O–H groups in total. The van der Waals surface area contributed by atoms with Crippen LogP contribution in [-0.4, -0.2) is 19.2 Å². The summed E-state index contributed by atoms with van der Waals surface area (Å²) in [6.07, 6.45) is 1.56. The molecule has 166 valence electrons. The van der Waals surface area contributed by atoms with Crippen LogP contribution in [-0.2, 0) is 6.61 Å². The van der Waals surface area contributed by atoms with Crippen LogP contribution < -0.4 is 14.9 Å². The number of amides is 1. The Balaban J connectivity index is 1.47. The number of hydrazone groups is 1. The Morgan fingerprint density at radius 1 is 1.00 bits per heavy atom. The fraction of sp³-hybridized carbons (Fsp3) is 0.111. The number of fused-ring (bicyclic) bond motifs is 1. The van der Waals surface area contributed by atoms with Gasteiger partial charge in [0.2, 0.25) is 0 Å². The number of hydrogen-bond donors (Lipinski definition) is 1. The third-order valence-electron chi connectivity index (χ3n) is 5.23. The zero-order valence-corrected chi connectivity index (χ0v) is 19.9. The molecule has 0 aromatic heterocycles. The molecule has 0 fully saturated rings. The van der Waals surface area contributed by atoms with Gasteiger partial charge in [0.15, 0.2) is 11.5 Å². The lowest BCUT2D eigenvalue weighted by Crippen LogP contribution is -2.17. The van der Waals surface area contributed by atoms with Gasteiger partial charge in [-0.3, -0.25) is 4.79 Å². The van der Waals surface area contributed by atoms with E-state index in [1.54, 1.807) is 25.5 Å². The molecule has 4 aromatic rings. The quantitative estimate of drug-likeness (QED) is 0.239. The zero-order chi connectivity index (χ0) is 23.2. The van der Waals surface area contributed by atoms with Crippen LogP contribution in [0.1, 0.15) is 27.0 Å². The van der Waals surface area contributed by atoms with Gasteiger partial charge in [-0.2, -0.15) is 5.10 Å². The van der Waals surface area contributed by atoms with Crippen molar-refractivity contribution < 1.29 is 14.3 Å². The van der Waals surface area contributed by atoms with E-state index in [0.29, 0.717) is 23.7 Å². The highest BCUT2D eigenvalue weighted by atomic mass is 79.9. The summed E-state index contributed by atoms with van der Waals surface area (Å²) in [6, 6.07) is 25.3. The molecular weight excluding hydrogens is 480 g/mol. The molecular formula is C27H23BrN2O3. The van der Waals surface area contributed by atoms with E-state index in [2.05, 4.69) is 50.7 Å². The van der Waals surface area contributed by atoms with Crippen molar-refractivity contribution in [3.8, 4) is 11.5 Å². The molecule has 0 atom stereocenters. The highest BCUT2D eigenvalue weighted by Crippen LogP contribution is 2.34. The Kier molecular flexibility index (Phi) is 7.05. The second-order valence-electron chi connectivity index (χ2n) is 7.52. The predicted molar refractivity (Wildman–Crippen MR) is 135 cm³/mol. The average Bonchev–Trinajstić information content (AvgIpc) is 2.84. The van der Waals surface area contributed by atoms with E-state index in [9.17, 15) is 4.79 Å². The van der Waals surface area contributed by atoms with E-state index < -0.39 is 0 Å². The Bertz CT molecular complexity index is 1310. The van der Waals surface area contributed by atoms with E-state index in [1.165, 1.54) is 5.39 Å². The number of hydrogen-bond acceptors (Lipinski definition) is 4. The highest BCUT2D eigenvalue weighted by molar-refractivity contribution is 9.10. The lowest BCUT2D eigenvalue weighted by Gasteiger charge is -2.14. The molecule has 0 unspecified atom stereocenters. The van der Waals surface area contributed by atoms with Crippen molar-refractivity contribution in [2.75, 3.05) is 7.11 Å². The number of carbonyl (C=O) groups excluding carboxylic acids is 1. The van der Waals surface area contributed by atoms with Crippen LogP contribution in [0.2, 0.25) is 0 Å². The number of ether oxygens (including phenoxy) is 2. The van der Waals surface area contributed by atoms with Gasteiger partial charge in [-0.1, -0.05) is 60.2 Å². The molecule has 0 spiro atoms. The Labute approximate surface area is 201 Å². The average molecular weight is 503 g/mol. The Morgan fingerprint density at radius 2 is 1.76 bits per heavy atom. The number of aryl methyl sites for hydroxylation is 1. The monoisotopic (exact) mass is 502 g/mol. The van der Waals surface area contributed by atoms with Gasteiger partial charge in [0, 0.05) is 15.6 Å². The van der Waals surface area contributed by atoms with Crippen molar-refractivity contribution in [3.63, 3.8) is 0 Å². The molecule has 0 aliphatic heterocycles. The maximum absolute atomic E-state index is 12.2. The van der Waals surface area contributed by atoms with Crippen molar-refractivity contribution in [3.05, 3.63) is 106 Å². The van der Waals surface area contributed by atoms with E-state index in [1.807, 2.05) is 49.4 Å². The summed E-state index contributed by atoms with van der Waals surface area (Å²) in [4.78, 5) is 12.2. The number of carbonyl (C=O) groups is 1. The summed E-state index contributed by atoms with van der Waals surface area (Å²) in [7, 11) is 1.59. The summed E-state index contributed by atoms with van der Waals surface area (Å²) in [5.41, 5.74) is 6.02. The molecule has 0 radical (unpaired) electrons. The molecule has 4 aromatic carbocycles. The molecule has 5 nitrogen and oxygen atoms in total. The van der Waals surface area contributed by atoms with E-state index in [4.69, 9.17) is 9.47 Å². The topological polar surface area (TPSA) is 59.9 Å². The van der Waals surface area contributed by atoms with Crippen molar-refractivity contribution in [2.45, 2.75) is 13.5 Å². The van der Waals surface area contributed by atoms with Gasteiger partial charge >= 0.3 is 0 Å². The first-order valence-electron chi connectivity index (χ1n) is 10.4. The molecule has 1 amide bonds. The number of rotatable bonds is 7. The predicted octanol–water partition coefficient (Wildman–Crippen LogP) is 6.26. The first kappa shape index (κ1) is 22.6. The second kappa shape index (κ2) is 10.3. The standard InChI is InChI=1S/C27H23BrN2O3/c1-18-10-12-20(13-11-18)27(31)30-29-16-22-14-25(32-2)26(15-24(22)28)33-17-21-8-5-7-19-6-3-4-9-23(19)21/h3-16H,17H2,1-2H3,(H,30,31)/b29-16+. The number of benzene rings is 4. The van der Waals surface area contributed by atoms with Crippen LogP contribution >= 0.6 is 15.9 Å². The maximum atomic E-state index is 12.2. The number of nitrogens with one attached hydrogen (secondary N) is 1. The Hall–Kier alpha value is -3.64. The van der Waals surface area contributed by atoms with Crippen molar-refractivity contribution in [1.29, 1.82) is 0 Å². The molecule has 4 rings (SSSR count). The summed E-state index contributed by atoms with van der Waals surface area (Å²) in [5.74, 6) is 0.910. The first-order valence-corrected chi connectivity index (χ1v) is 11.2. The van der Waals surface area contributed by atoms with Crippen LogP contribution in [0.25, 0.3) is 10.8 Å². The van der Waals surface area contributed by atoms with Crippen LogP contribution in [0.4, 0.5) is 0 Å². The fourth-order valence-electron chi connectivity index (χ4n) is 3.43. The number of halogens is 1. The molecule has 0 heterocycles. The second-order valence-corrected chi connectivity index (χ2v) is 8.37. The summed E-state index contributed by atoms with van der Waals surface area (Å²) < 4.78 is 12.4. The SMILES string of the molecule is COc1cc(/C=N/NC(=O)c2ccc(C)cc2)c(Br)cc1OCc1cccc2ccccc12. The van der Waals surface area contributed by atoms with Gasteiger partial charge in [0.05, 0.1) is 13.3 Å². The maximum Gasteiger partial charge on any atom is 0.271 e. The minimum atomic E-state index is -0.274. The van der Waals surface area contributed by atoms with Crippen molar-refractivity contribution >= 4 is 38.8 Å². The van der Waals surface area contributed by atoms with Gasteiger partial charge in [-0.05, 0) is 63.5 Å². The van der Waals surface area contributed by atoms with Gasteiger partial charge in [-0.15, -0.1) is 0 Å². The van der Waals surface area contributed by atoms with Gasteiger partial charge in [0.1, 0.15) is 6.61 Å². The fourth-order valence-corrected chi connectivity index (χ4v) is 3.85. The van der Waals surface area contributed by atoms with Crippen LogP contribution in [0, 0.1) is 6.92 Å². The largest absolute Gasteiger partial charge is 0.493 e. The highest BCUT2D eigenvalue weighted by Gasteiger charge is 2.11. The molecule has 6 heteroatoms. The molecule has 33 heavy (non-hydrogen) atoms. The van der Waals surface area contributed by atoms with Crippen LogP contribution in [0.3, 0.4) is 0 Å². The third-order valence-corrected chi connectivity index (χ3v) is 5.92. The molecule has 0 saturated heterocycles. The van der Waals surface area contributed by atoms with Crippen molar-refractivity contribution in [1.82, 2.24) is 5.43 Å². The number of nitrogens with zero attached hydrogens (tertiary/aromatic N) is 1. The van der Waals surface area contributed by atoms with Gasteiger partial charge < -0.3 is 9.47 Å². The van der Waals surface area contributed by atoms with E-state index in [0.717, 1.165) is 26.5 Å². The van der Waals surface area contributed by atoms with Gasteiger partial charge in [0.25, 0.3) is 5.91 Å². The molecule has 0 aliphatic carbocycles. The summed E-state index contributed by atoms with van der Waals surface area (Å²) in [5, 5.41) is 6.41. The van der Waals surface area contributed by atoms with Crippen molar-refractivity contribution in [2.24, 2.45) is 5.10 Å². The molecule has 0 aliphatic rings. The first-order chi connectivity index (χ1) is 16.0. The molecule has 0 saturated carbocycles. The number of methoxy groups -OCH3 is 1. The minimum absolute atomic E-state index is 0.274. The summed E-state index contributed by atoms with van der Waals surface area (Å²) >= 11 is 3.56. The smallest absolute Gasteiger partial charge is 0.271 e. The Morgan fingerprint density at radius 3 is 2.55 bits per heavy atom. The lowest BCUT2D eigenvalue weighted by atomic mass is 10.1. The van der Waals surface area contributed by atoms with Crippen LogP contribution in [0.15, 0.2) is 88.4 Å². The zero-order valence-electron chi connectivity index (χ0n) is 18.3. The minimum Gasteiger partial charge on any atom is -0.493 e. The normalized spacial score (nSPS) is 11.0. The lowest BCUT2D eigenvalue weighted by molar-refractivity contribution is 0.0955.